The van der Waals surface area contributed by atoms with E-state index < -0.39 is 0 Å². The zero-order chi connectivity index (χ0) is 16.2. The molecule has 1 unspecified atom stereocenters. The Labute approximate surface area is 139 Å². The predicted molar refractivity (Wildman–Crippen MR) is 95.3 cm³/mol. The van der Waals surface area contributed by atoms with Crippen LogP contribution in [-0.2, 0) is 6.54 Å². The van der Waals surface area contributed by atoms with Gasteiger partial charge in [-0.25, -0.2) is 14.4 Å². The number of nitrogens with zero attached hydrogens (tertiary/aromatic N) is 3. The summed E-state index contributed by atoms with van der Waals surface area (Å²) in [4.78, 5) is 12.2. The second kappa shape index (κ2) is 6.87. The number of hydrogen-bond acceptors (Lipinski definition) is 3. The summed E-state index contributed by atoms with van der Waals surface area (Å²) in [6, 6.07) is 10.8. The first-order valence-electron chi connectivity index (χ1n) is 7.46. The van der Waals surface area contributed by atoms with Crippen LogP contribution in [0.1, 0.15) is 24.3 Å². The molecule has 3 rings (SSSR count). The van der Waals surface area contributed by atoms with E-state index in [2.05, 4.69) is 40.2 Å². The van der Waals surface area contributed by atoms with Gasteiger partial charge in [0.15, 0.2) is 5.84 Å². The Morgan fingerprint density at radius 2 is 2.13 bits per heavy atom. The molecule has 23 heavy (non-hydrogen) atoms. The van der Waals surface area contributed by atoms with Gasteiger partial charge < -0.3 is 4.90 Å². The van der Waals surface area contributed by atoms with E-state index in [9.17, 15) is 4.39 Å². The summed E-state index contributed by atoms with van der Waals surface area (Å²) >= 11 is 1.70. The van der Waals surface area contributed by atoms with Crippen molar-refractivity contribution in [3.63, 3.8) is 0 Å². The molecule has 1 aliphatic heterocycles. The molecule has 3 nitrogen and oxygen atoms in total. The Morgan fingerprint density at radius 1 is 1.35 bits per heavy atom. The van der Waals surface area contributed by atoms with Crippen molar-refractivity contribution in [2.45, 2.75) is 26.4 Å². The Hall–Kier alpha value is -2.27. The maximum Gasteiger partial charge on any atom is 0.152 e. The molecule has 0 N–H and O–H groups in total. The number of benzene rings is 1. The van der Waals surface area contributed by atoms with Gasteiger partial charge in [-0.3, -0.25) is 0 Å². The fourth-order valence-corrected chi connectivity index (χ4v) is 3.04. The molecule has 0 saturated heterocycles. The molecule has 2 aromatic rings. The Bertz CT molecular complexity index is 745. The SMILES string of the molecule is C/C(=C\N=C1N=CN(Cc2ccc(F)cc2)C1C)c1cccs1. The average molecular weight is 327 g/mol. The minimum absolute atomic E-state index is 0.104. The van der Waals surface area contributed by atoms with Gasteiger partial charge in [-0.1, -0.05) is 18.2 Å². The van der Waals surface area contributed by atoms with E-state index in [0.29, 0.717) is 6.54 Å². The summed E-state index contributed by atoms with van der Waals surface area (Å²) in [7, 11) is 0. The van der Waals surface area contributed by atoms with Crippen molar-refractivity contribution in [2.24, 2.45) is 9.98 Å². The van der Waals surface area contributed by atoms with Crippen molar-refractivity contribution in [3.8, 4) is 0 Å². The van der Waals surface area contributed by atoms with Gasteiger partial charge in [0.2, 0.25) is 0 Å². The molecule has 0 aliphatic carbocycles. The van der Waals surface area contributed by atoms with Crippen LogP contribution in [0.4, 0.5) is 4.39 Å². The van der Waals surface area contributed by atoms with Crippen molar-refractivity contribution < 1.29 is 4.39 Å². The van der Waals surface area contributed by atoms with E-state index in [1.165, 1.54) is 17.0 Å². The van der Waals surface area contributed by atoms with Gasteiger partial charge in [-0.05, 0) is 48.6 Å². The molecule has 1 aromatic carbocycles. The molecular weight excluding hydrogens is 309 g/mol. The summed E-state index contributed by atoms with van der Waals surface area (Å²) in [5.41, 5.74) is 2.18. The minimum Gasteiger partial charge on any atom is -0.348 e. The molecule has 0 radical (unpaired) electrons. The molecule has 2 heterocycles. The standard InChI is InChI=1S/C18H18FN3S/c1-13(17-4-3-9-23-17)10-20-18-14(2)22(12-21-18)11-15-5-7-16(19)8-6-15/h3-10,12,14H,11H2,1-2H3/b13-10+,20-18?. The van der Waals surface area contributed by atoms with Crippen molar-refractivity contribution in [3.05, 3.63) is 64.2 Å². The molecule has 1 atom stereocenters. The average Bonchev–Trinajstić information content (AvgIpc) is 3.19. The lowest BCUT2D eigenvalue weighted by Gasteiger charge is -2.20. The molecule has 0 fully saturated rings. The van der Waals surface area contributed by atoms with Gasteiger partial charge >= 0.3 is 0 Å². The zero-order valence-electron chi connectivity index (χ0n) is 13.1. The van der Waals surface area contributed by atoms with Crippen LogP contribution in [0.5, 0.6) is 0 Å². The van der Waals surface area contributed by atoms with Crippen molar-refractivity contribution in [2.75, 3.05) is 0 Å². The van der Waals surface area contributed by atoms with Gasteiger partial charge in [-0.15, -0.1) is 11.3 Å². The Morgan fingerprint density at radius 3 is 2.83 bits per heavy atom. The maximum absolute atomic E-state index is 13.0. The highest BCUT2D eigenvalue weighted by Crippen LogP contribution is 2.20. The topological polar surface area (TPSA) is 28.0 Å². The van der Waals surface area contributed by atoms with Crippen LogP contribution in [-0.4, -0.2) is 23.1 Å². The summed E-state index contributed by atoms with van der Waals surface area (Å²) < 4.78 is 13.0. The largest absolute Gasteiger partial charge is 0.348 e. The van der Waals surface area contributed by atoms with Crippen LogP contribution in [0.3, 0.4) is 0 Å². The predicted octanol–water partition coefficient (Wildman–Crippen LogP) is 4.58. The van der Waals surface area contributed by atoms with Crippen LogP contribution in [0, 0.1) is 5.82 Å². The third-order valence-corrected chi connectivity index (χ3v) is 4.79. The summed E-state index contributed by atoms with van der Waals surface area (Å²) in [5.74, 6) is 0.580. The van der Waals surface area contributed by atoms with E-state index in [4.69, 9.17) is 0 Å². The lowest BCUT2D eigenvalue weighted by atomic mass is 10.2. The van der Waals surface area contributed by atoms with E-state index in [1.807, 2.05) is 12.3 Å². The van der Waals surface area contributed by atoms with E-state index in [-0.39, 0.29) is 11.9 Å². The first-order chi connectivity index (χ1) is 11.1. The third-order valence-electron chi connectivity index (χ3n) is 3.79. The highest BCUT2D eigenvalue weighted by molar-refractivity contribution is 7.11. The Kier molecular flexibility index (Phi) is 4.67. The van der Waals surface area contributed by atoms with Crippen molar-refractivity contribution in [1.29, 1.82) is 0 Å². The van der Waals surface area contributed by atoms with Crippen LogP contribution < -0.4 is 0 Å². The number of aliphatic imine (C=N–C) groups is 2. The summed E-state index contributed by atoms with van der Waals surface area (Å²) in [6.07, 6.45) is 3.68. The highest BCUT2D eigenvalue weighted by atomic mass is 32.1. The van der Waals surface area contributed by atoms with Crippen LogP contribution in [0.25, 0.3) is 5.57 Å². The molecule has 0 saturated carbocycles. The van der Waals surface area contributed by atoms with E-state index >= 15 is 0 Å². The molecule has 0 spiro atoms. The zero-order valence-corrected chi connectivity index (χ0v) is 13.9. The van der Waals surface area contributed by atoms with Crippen LogP contribution >= 0.6 is 11.3 Å². The lowest BCUT2D eigenvalue weighted by Crippen LogP contribution is -2.30. The van der Waals surface area contributed by atoms with Gasteiger partial charge in [0.05, 0.1) is 12.4 Å². The normalized spacial score (nSPS) is 19.8. The monoisotopic (exact) mass is 327 g/mol. The highest BCUT2D eigenvalue weighted by Gasteiger charge is 2.22. The first kappa shape index (κ1) is 15.6. The fourth-order valence-electron chi connectivity index (χ4n) is 2.34. The number of amidine groups is 1. The number of halogens is 1. The van der Waals surface area contributed by atoms with Gasteiger partial charge in [0.25, 0.3) is 0 Å². The molecular formula is C18H18FN3S. The quantitative estimate of drug-likeness (QED) is 0.808. The summed E-state index contributed by atoms with van der Waals surface area (Å²) in [6.45, 7) is 4.82. The lowest BCUT2D eigenvalue weighted by molar-refractivity contribution is 0.411. The first-order valence-corrected chi connectivity index (χ1v) is 8.34. The fraction of sp³-hybridized carbons (Fsp3) is 0.222. The molecule has 0 amide bonds. The number of allylic oxidation sites excluding steroid dienone is 1. The van der Waals surface area contributed by atoms with Gasteiger partial charge in [0, 0.05) is 17.6 Å². The second-order valence-electron chi connectivity index (χ2n) is 5.50. The van der Waals surface area contributed by atoms with Crippen molar-refractivity contribution in [1.82, 2.24) is 4.90 Å². The van der Waals surface area contributed by atoms with Crippen LogP contribution in [0.2, 0.25) is 0 Å². The number of hydrogen-bond donors (Lipinski definition) is 0. The van der Waals surface area contributed by atoms with E-state index in [0.717, 1.165) is 17.0 Å². The van der Waals surface area contributed by atoms with Crippen molar-refractivity contribution >= 4 is 29.1 Å². The molecule has 5 heteroatoms. The number of thiophene rings is 1. The van der Waals surface area contributed by atoms with Gasteiger partial charge in [-0.2, -0.15) is 0 Å². The maximum atomic E-state index is 13.0. The third kappa shape index (κ3) is 3.74. The van der Waals surface area contributed by atoms with E-state index in [1.54, 1.807) is 29.8 Å². The molecule has 0 bridgehead atoms. The van der Waals surface area contributed by atoms with Gasteiger partial charge in [0.1, 0.15) is 5.82 Å². The second-order valence-corrected chi connectivity index (χ2v) is 6.44. The number of rotatable bonds is 4. The Balaban J connectivity index is 1.68. The smallest absolute Gasteiger partial charge is 0.152 e. The molecule has 1 aromatic heterocycles. The van der Waals surface area contributed by atoms with Crippen LogP contribution in [0.15, 0.2) is 58.0 Å². The summed E-state index contributed by atoms with van der Waals surface area (Å²) in [5, 5.41) is 2.06. The molecule has 1 aliphatic rings. The molecule has 118 valence electrons. The minimum atomic E-state index is -0.215.